The van der Waals surface area contributed by atoms with Crippen molar-refractivity contribution < 1.29 is 0 Å². The van der Waals surface area contributed by atoms with Gasteiger partial charge in [-0.2, -0.15) is 0 Å². The Balaban J connectivity index is 1.93. The second kappa shape index (κ2) is 11.0. The number of aliphatic imine (C=N–C) groups is 1. The zero-order chi connectivity index (χ0) is 24.6. The molecular formula is C25H12Cl8N. The lowest BCUT2D eigenvalue weighted by atomic mass is 9.84. The molecule has 1 nitrogen and oxygen atoms in total. The number of allylic oxidation sites excluding steroid dienone is 4. The highest BCUT2D eigenvalue weighted by Crippen LogP contribution is 2.50. The lowest BCUT2D eigenvalue weighted by Crippen LogP contribution is -2.09. The lowest BCUT2D eigenvalue weighted by molar-refractivity contribution is 1.19. The summed E-state index contributed by atoms with van der Waals surface area (Å²) in [4.78, 5) is 4.50. The van der Waals surface area contributed by atoms with Gasteiger partial charge in [-0.25, -0.2) is 0 Å². The Hall–Kier alpha value is -0.870. The minimum Gasteiger partial charge on any atom is -0.260 e. The lowest BCUT2D eigenvalue weighted by Gasteiger charge is -2.25. The number of nitrogens with zero attached hydrogens (tertiary/aromatic N) is 1. The van der Waals surface area contributed by atoms with Crippen LogP contribution in [0.15, 0.2) is 65.7 Å². The van der Waals surface area contributed by atoms with Crippen LogP contribution in [0.1, 0.15) is 16.7 Å². The van der Waals surface area contributed by atoms with E-state index in [9.17, 15) is 0 Å². The smallest absolute Gasteiger partial charge is 0.0720 e. The number of hydrogen-bond acceptors (Lipinski definition) is 1. The summed E-state index contributed by atoms with van der Waals surface area (Å²) in [7, 11) is 0. The highest BCUT2D eigenvalue weighted by molar-refractivity contribution is 6.43. The summed E-state index contributed by atoms with van der Waals surface area (Å²) in [5.41, 5.74) is 1.84. The monoisotopic (exact) mass is 606 g/mol. The van der Waals surface area contributed by atoms with Gasteiger partial charge in [0.2, 0.25) is 0 Å². The summed E-state index contributed by atoms with van der Waals surface area (Å²) < 4.78 is 0. The molecule has 0 aromatic heterocycles. The Bertz CT molecular complexity index is 1220. The number of hydrogen-bond donors (Lipinski definition) is 0. The number of halogens is 8. The van der Waals surface area contributed by atoms with E-state index in [1.54, 1.807) is 42.6 Å². The van der Waals surface area contributed by atoms with Gasteiger partial charge in [-0.15, -0.1) is 0 Å². The topological polar surface area (TPSA) is 12.4 Å². The van der Waals surface area contributed by atoms with Crippen molar-refractivity contribution >= 4 is 105 Å². The second-order valence-corrected chi connectivity index (χ2v) is 10.6. The van der Waals surface area contributed by atoms with Crippen LogP contribution in [-0.2, 0) is 0 Å². The molecular weight excluding hydrogens is 598 g/mol. The Morgan fingerprint density at radius 1 is 0.559 bits per heavy atom. The third-order valence-corrected chi connectivity index (χ3v) is 7.19. The molecule has 3 aromatic rings. The minimum absolute atomic E-state index is 0.109. The van der Waals surface area contributed by atoms with E-state index in [1.807, 2.05) is 24.3 Å². The standard InChI is InChI=1S/C25H12Cl8N/c26-13-5-16(28)22(17(29)6-13)25(23-18(30)7-14(27)8-19(23)31)24-20(32)9-15(10-21(24)33)34-11-12-3-1-2-4-12/h1-12H. The van der Waals surface area contributed by atoms with Crippen LogP contribution in [0.2, 0.25) is 40.2 Å². The van der Waals surface area contributed by atoms with Gasteiger partial charge < -0.3 is 0 Å². The molecule has 0 saturated heterocycles. The first-order valence-corrected chi connectivity index (χ1v) is 12.7. The zero-order valence-corrected chi connectivity index (χ0v) is 22.9. The second-order valence-electron chi connectivity index (χ2n) is 7.27. The Labute approximate surface area is 237 Å². The van der Waals surface area contributed by atoms with Crippen molar-refractivity contribution in [2.75, 3.05) is 0 Å². The predicted molar refractivity (Wildman–Crippen MR) is 150 cm³/mol. The zero-order valence-electron chi connectivity index (χ0n) is 16.9. The van der Waals surface area contributed by atoms with Crippen LogP contribution in [0, 0.1) is 11.8 Å². The van der Waals surface area contributed by atoms with Crippen LogP contribution in [0.4, 0.5) is 5.69 Å². The molecule has 0 N–H and O–H groups in total. The van der Waals surface area contributed by atoms with E-state index < -0.39 is 0 Å². The maximum Gasteiger partial charge on any atom is 0.0720 e. The molecule has 1 aliphatic rings. The van der Waals surface area contributed by atoms with E-state index in [2.05, 4.69) is 4.99 Å². The van der Waals surface area contributed by atoms with Crippen molar-refractivity contribution in [1.82, 2.24) is 0 Å². The van der Waals surface area contributed by atoms with Gasteiger partial charge in [0, 0.05) is 69.0 Å². The number of rotatable bonds is 5. The van der Waals surface area contributed by atoms with Gasteiger partial charge in [-0.3, -0.25) is 4.99 Å². The SMILES string of the molecule is Clc1cc(Cl)c([C](c2c(Cl)cc(Cl)cc2Cl)c2c(Cl)cc(N=CC3C=CC=C3)cc2Cl)c(Cl)c1. The molecule has 4 rings (SSSR count). The van der Waals surface area contributed by atoms with Crippen molar-refractivity contribution in [2.45, 2.75) is 0 Å². The molecule has 0 atom stereocenters. The van der Waals surface area contributed by atoms with Gasteiger partial charge in [0.25, 0.3) is 0 Å². The van der Waals surface area contributed by atoms with Crippen LogP contribution in [0.3, 0.4) is 0 Å². The van der Waals surface area contributed by atoms with E-state index in [0.29, 0.717) is 48.4 Å². The summed E-state index contributed by atoms with van der Waals surface area (Å²) in [6.07, 6.45) is 9.75. The quantitative estimate of drug-likeness (QED) is 0.202. The highest BCUT2D eigenvalue weighted by atomic mass is 35.5. The first kappa shape index (κ1) is 26.2. The molecule has 0 aliphatic heterocycles. The summed E-state index contributed by atoms with van der Waals surface area (Å²) >= 11 is 52.2. The average molecular weight is 610 g/mol. The minimum atomic E-state index is 0.109. The van der Waals surface area contributed by atoms with Gasteiger partial charge in [0.15, 0.2) is 0 Å². The Morgan fingerprint density at radius 2 is 0.912 bits per heavy atom. The van der Waals surface area contributed by atoms with Crippen LogP contribution in [-0.4, -0.2) is 6.21 Å². The normalized spacial score (nSPS) is 13.7. The molecule has 173 valence electrons. The maximum atomic E-state index is 6.76. The first-order chi connectivity index (χ1) is 16.2. The van der Waals surface area contributed by atoms with Gasteiger partial charge in [-0.1, -0.05) is 117 Å². The average Bonchev–Trinajstić information content (AvgIpc) is 3.23. The van der Waals surface area contributed by atoms with E-state index in [-0.39, 0.29) is 26.0 Å². The largest absolute Gasteiger partial charge is 0.260 e. The molecule has 0 fully saturated rings. The van der Waals surface area contributed by atoms with Crippen LogP contribution in [0.5, 0.6) is 0 Å². The van der Waals surface area contributed by atoms with Crippen LogP contribution < -0.4 is 0 Å². The fourth-order valence-corrected chi connectivity index (χ4v) is 6.21. The Morgan fingerprint density at radius 3 is 1.29 bits per heavy atom. The molecule has 9 heteroatoms. The van der Waals surface area contributed by atoms with Crippen molar-refractivity contribution in [3.63, 3.8) is 0 Å². The highest BCUT2D eigenvalue weighted by Gasteiger charge is 2.31. The van der Waals surface area contributed by atoms with Crippen molar-refractivity contribution in [3.05, 3.63) is 123 Å². The molecule has 1 radical (unpaired) electrons. The molecule has 0 amide bonds. The summed E-state index contributed by atoms with van der Waals surface area (Å²) in [6.45, 7) is 0. The molecule has 0 spiro atoms. The molecule has 0 heterocycles. The van der Waals surface area contributed by atoms with Crippen molar-refractivity contribution in [3.8, 4) is 0 Å². The van der Waals surface area contributed by atoms with Gasteiger partial charge in [-0.05, 0) is 36.4 Å². The molecule has 34 heavy (non-hydrogen) atoms. The Kier molecular flexibility index (Phi) is 8.50. The van der Waals surface area contributed by atoms with E-state index in [0.717, 1.165) is 0 Å². The maximum absolute atomic E-state index is 6.76. The molecule has 0 saturated carbocycles. The summed E-state index contributed by atoms with van der Waals surface area (Å²) in [5.74, 6) is 0.545. The fourth-order valence-electron chi connectivity index (χ4n) is 3.53. The molecule has 0 bridgehead atoms. The predicted octanol–water partition coefficient (Wildman–Crippen LogP) is 11.4. The molecule has 3 aromatic carbocycles. The van der Waals surface area contributed by atoms with Crippen LogP contribution in [0.25, 0.3) is 0 Å². The van der Waals surface area contributed by atoms with Crippen molar-refractivity contribution in [1.29, 1.82) is 0 Å². The van der Waals surface area contributed by atoms with Gasteiger partial charge in [0.05, 0.1) is 11.6 Å². The first-order valence-electron chi connectivity index (χ1n) is 9.71. The number of benzene rings is 3. The third kappa shape index (κ3) is 5.59. The fraction of sp³-hybridized carbons (Fsp3) is 0.0400. The molecule has 1 aliphatic carbocycles. The summed E-state index contributed by atoms with van der Waals surface area (Å²) in [5, 5.41) is 2.40. The summed E-state index contributed by atoms with van der Waals surface area (Å²) in [6, 6.07) is 9.63. The van der Waals surface area contributed by atoms with Crippen LogP contribution >= 0.6 is 92.8 Å². The van der Waals surface area contributed by atoms with E-state index >= 15 is 0 Å². The van der Waals surface area contributed by atoms with E-state index in [1.165, 1.54) is 0 Å². The third-order valence-electron chi connectivity index (χ3n) is 4.96. The van der Waals surface area contributed by atoms with Gasteiger partial charge >= 0.3 is 0 Å². The molecule has 0 unspecified atom stereocenters. The van der Waals surface area contributed by atoms with E-state index in [4.69, 9.17) is 92.8 Å². The van der Waals surface area contributed by atoms with Gasteiger partial charge in [0.1, 0.15) is 0 Å². The van der Waals surface area contributed by atoms with Crippen molar-refractivity contribution in [2.24, 2.45) is 10.9 Å².